The van der Waals surface area contributed by atoms with Gasteiger partial charge in [0, 0.05) is 0 Å². The fourth-order valence-corrected chi connectivity index (χ4v) is 0.800. The number of nitrogens with one attached hydrogen (secondary N) is 2. The Labute approximate surface area is 79.5 Å². The van der Waals surface area contributed by atoms with Crippen molar-refractivity contribution in [2.24, 2.45) is 4.99 Å². The second-order valence-corrected chi connectivity index (χ2v) is 2.46. The maximum Gasteiger partial charge on any atom is 0.316 e. The molecule has 2 N–H and O–H groups in total. The number of nitrogens with zero attached hydrogens (tertiary/aromatic N) is 1. The van der Waals surface area contributed by atoms with E-state index in [1.165, 1.54) is 7.11 Å². The van der Waals surface area contributed by atoms with Gasteiger partial charge in [-0.25, -0.2) is 0 Å². The molecule has 0 atom stereocenters. The quantitative estimate of drug-likeness (QED) is 0.412. The van der Waals surface area contributed by atoms with Gasteiger partial charge in [0.25, 0.3) is 0 Å². The van der Waals surface area contributed by atoms with Crippen molar-refractivity contribution in [3.05, 3.63) is 0 Å². The third-order valence-corrected chi connectivity index (χ3v) is 1.48. The van der Waals surface area contributed by atoms with E-state index in [4.69, 9.17) is 0 Å². The summed E-state index contributed by atoms with van der Waals surface area (Å²) in [7, 11) is 1.27. The Hall–Kier alpha value is -1.92. The third-order valence-electron chi connectivity index (χ3n) is 1.48. The number of ether oxygens (including phenoxy) is 1. The van der Waals surface area contributed by atoms with Gasteiger partial charge in [-0.2, -0.15) is 0 Å². The van der Waals surface area contributed by atoms with Crippen LogP contribution in [0.2, 0.25) is 0 Å². The molecule has 0 aliphatic carbocycles. The van der Waals surface area contributed by atoms with E-state index >= 15 is 0 Å². The van der Waals surface area contributed by atoms with Crippen LogP contribution < -0.4 is 10.6 Å². The van der Waals surface area contributed by atoms with Crippen molar-refractivity contribution >= 4 is 23.7 Å². The van der Waals surface area contributed by atoms with Crippen LogP contribution in [0.25, 0.3) is 0 Å². The first kappa shape index (κ1) is 10.2. The van der Waals surface area contributed by atoms with E-state index in [-0.39, 0.29) is 18.9 Å². The molecule has 1 aliphatic rings. The largest absolute Gasteiger partial charge is 0.469 e. The molecular weight excluding hydrogens is 190 g/mol. The number of amides is 2. The highest BCUT2D eigenvalue weighted by atomic mass is 16.5. The molecule has 0 aromatic rings. The maximum absolute atomic E-state index is 10.6. The van der Waals surface area contributed by atoms with Crippen LogP contribution in [-0.2, 0) is 19.1 Å². The number of rotatable bonds is 3. The van der Waals surface area contributed by atoms with Crippen molar-refractivity contribution in [3.63, 3.8) is 0 Å². The summed E-state index contributed by atoms with van der Waals surface area (Å²) in [6, 6.07) is 0. The van der Waals surface area contributed by atoms with Gasteiger partial charge in [0.2, 0.25) is 5.96 Å². The number of carbonyl (C=O) groups excluding carboxylic acids is 3. The van der Waals surface area contributed by atoms with E-state index < -0.39 is 17.8 Å². The Morgan fingerprint density at radius 1 is 1.36 bits per heavy atom. The fourth-order valence-electron chi connectivity index (χ4n) is 0.800. The van der Waals surface area contributed by atoms with E-state index in [1.807, 2.05) is 0 Å². The predicted molar refractivity (Wildman–Crippen MR) is 45.2 cm³/mol. The van der Waals surface area contributed by atoms with Gasteiger partial charge in [-0.3, -0.25) is 30.0 Å². The zero-order valence-electron chi connectivity index (χ0n) is 7.49. The van der Waals surface area contributed by atoms with Gasteiger partial charge in [-0.15, -0.1) is 0 Å². The first-order valence-electron chi connectivity index (χ1n) is 3.87. The molecule has 0 aromatic carbocycles. The molecule has 76 valence electrons. The lowest BCUT2D eigenvalue weighted by molar-refractivity contribution is -0.140. The molecule has 14 heavy (non-hydrogen) atoms. The minimum Gasteiger partial charge on any atom is -0.469 e. The summed E-state index contributed by atoms with van der Waals surface area (Å²) in [4.78, 5) is 35.7. The minimum atomic E-state index is -0.748. The van der Waals surface area contributed by atoms with Crippen LogP contribution in [0, 0.1) is 0 Å². The zero-order chi connectivity index (χ0) is 10.6. The molecule has 0 saturated carbocycles. The van der Waals surface area contributed by atoms with Crippen molar-refractivity contribution in [1.82, 2.24) is 10.6 Å². The molecule has 0 bridgehead atoms. The summed E-state index contributed by atoms with van der Waals surface area (Å²) in [5.41, 5.74) is 0. The van der Waals surface area contributed by atoms with E-state index in [2.05, 4.69) is 20.4 Å². The zero-order valence-corrected chi connectivity index (χ0v) is 7.49. The van der Waals surface area contributed by atoms with Gasteiger partial charge in [0.05, 0.1) is 20.1 Å². The smallest absolute Gasteiger partial charge is 0.316 e. The Kier molecular flexibility index (Phi) is 3.16. The molecule has 1 rings (SSSR count). The normalized spacial score (nSPS) is 14.8. The molecule has 1 saturated heterocycles. The average molecular weight is 199 g/mol. The van der Waals surface area contributed by atoms with Gasteiger partial charge >= 0.3 is 17.8 Å². The van der Waals surface area contributed by atoms with Crippen molar-refractivity contribution in [2.45, 2.75) is 6.42 Å². The van der Waals surface area contributed by atoms with Gasteiger partial charge in [0.15, 0.2) is 0 Å². The number of methoxy groups -OCH3 is 1. The molecule has 7 heteroatoms. The molecule has 1 fully saturated rings. The summed E-state index contributed by atoms with van der Waals surface area (Å²) >= 11 is 0. The first-order chi connectivity index (χ1) is 6.63. The monoisotopic (exact) mass is 199 g/mol. The lowest BCUT2D eigenvalue weighted by Gasteiger charge is -1.96. The van der Waals surface area contributed by atoms with Crippen LogP contribution in [0.15, 0.2) is 4.99 Å². The number of guanidine groups is 1. The number of hydrogen-bond donors (Lipinski definition) is 2. The van der Waals surface area contributed by atoms with Crippen LogP contribution >= 0.6 is 0 Å². The molecular formula is C7H9N3O4. The maximum atomic E-state index is 10.6. The van der Waals surface area contributed by atoms with Crippen molar-refractivity contribution in [1.29, 1.82) is 0 Å². The molecule has 0 spiro atoms. The Bertz CT molecular complexity index is 292. The second kappa shape index (κ2) is 4.35. The third kappa shape index (κ3) is 2.54. The fraction of sp³-hybridized carbons (Fsp3) is 0.429. The molecule has 1 aliphatic heterocycles. The van der Waals surface area contributed by atoms with Crippen LogP contribution in [0.1, 0.15) is 6.42 Å². The van der Waals surface area contributed by atoms with Gasteiger partial charge < -0.3 is 4.74 Å². The van der Waals surface area contributed by atoms with Gasteiger partial charge in [0.1, 0.15) is 0 Å². The SMILES string of the molecule is COC(=O)CCN=C1NC(=O)C(=O)N1. The highest BCUT2D eigenvalue weighted by Crippen LogP contribution is 1.88. The van der Waals surface area contributed by atoms with Crippen LogP contribution in [0.4, 0.5) is 0 Å². The highest BCUT2D eigenvalue weighted by Gasteiger charge is 2.24. The standard InChI is InChI=1S/C7H9N3O4/c1-14-4(11)2-3-8-7-9-5(12)6(13)10-7/h2-3H2,1H3,(H2,8,9,10,12,13). The van der Waals surface area contributed by atoms with Gasteiger partial charge in [-0.1, -0.05) is 0 Å². The summed E-state index contributed by atoms with van der Waals surface area (Å²) in [5, 5.41) is 4.39. The minimum absolute atomic E-state index is 0.0731. The summed E-state index contributed by atoms with van der Waals surface area (Å²) < 4.78 is 4.37. The highest BCUT2D eigenvalue weighted by molar-refractivity contribution is 6.45. The van der Waals surface area contributed by atoms with E-state index in [1.54, 1.807) is 0 Å². The van der Waals surface area contributed by atoms with Crippen LogP contribution in [0.3, 0.4) is 0 Å². The first-order valence-corrected chi connectivity index (χ1v) is 3.87. The molecule has 7 nitrogen and oxygen atoms in total. The van der Waals surface area contributed by atoms with E-state index in [0.29, 0.717) is 0 Å². The summed E-state index contributed by atoms with van der Waals surface area (Å²) in [5.74, 6) is -1.82. The molecule has 0 unspecified atom stereocenters. The summed E-state index contributed by atoms with van der Waals surface area (Å²) in [6.45, 7) is 0.155. The average Bonchev–Trinajstić information content (AvgIpc) is 2.46. The molecule has 0 radical (unpaired) electrons. The Morgan fingerprint density at radius 2 is 1.93 bits per heavy atom. The predicted octanol–water partition coefficient (Wildman–Crippen LogP) is -1.85. The second-order valence-electron chi connectivity index (χ2n) is 2.46. The lowest BCUT2D eigenvalue weighted by atomic mass is 10.4. The van der Waals surface area contributed by atoms with Crippen molar-refractivity contribution < 1.29 is 19.1 Å². The van der Waals surface area contributed by atoms with E-state index in [0.717, 1.165) is 0 Å². The van der Waals surface area contributed by atoms with Crippen molar-refractivity contribution in [3.8, 4) is 0 Å². The number of aliphatic imine (C=N–C) groups is 1. The Balaban J connectivity index is 2.36. The molecule has 0 aromatic heterocycles. The van der Waals surface area contributed by atoms with Crippen molar-refractivity contribution in [2.75, 3.05) is 13.7 Å². The van der Waals surface area contributed by atoms with Crippen LogP contribution in [-0.4, -0.2) is 37.4 Å². The number of esters is 1. The number of hydrogen-bond acceptors (Lipinski definition) is 5. The van der Waals surface area contributed by atoms with Gasteiger partial charge in [-0.05, 0) is 0 Å². The summed E-state index contributed by atoms with van der Waals surface area (Å²) in [6.07, 6.45) is 0.103. The van der Waals surface area contributed by atoms with E-state index in [9.17, 15) is 14.4 Å². The lowest BCUT2D eigenvalue weighted by Crippen LogP contribution is -2.26. The number of carbonyl (C=O) groups is 3. The molecule has 1 heterocycles. The molecule has 2 amide bonds. The van der Waals surface area contributed by atoms with Crippen LogP contribution in [0.5, 0.6) is 0 Å². The topological polar surface area (TPSA) is 96.9 Å². The Morgan fingerprint density at radius 3 is 2.43 bits per heavy atom.